The Kier molecular flexibility index (Phi) is 6.31. The van der Waals surface area contributed by atoms with Crippen LogP contribution in [0.5, 0.6) is 11.5 Å². The maximum absolute atomic E-state index is 12.4. The summed E-state index contributed by atoms with van der Waals surface area (Å²) in [5.74, 6) is 1.21. The molecule has 0 radical (unpaired) electrons. The monoisotopic (exact) mass is 280 g/mol. The summed E-state index contributed by atoms with van der Waals surface area (Å²) in [6.45, 7) is 4.60. The Hall–Kier alpha value is -1.75. The van der Waals surface area contributed by atoms with Gasteiger partial charge in [-0.05, 0) is 24.5 Å². The molecule has 112 valence electrons. The number of carbonyl (C=O) groups is 1. The van der Waals surface area contributed by atoms with Gasteiger partial charge in [-0.3, -0.25) is 4.79 Å². The molecule has 0 bridgehead atoms. The van der Waals surface area contributed by atoms with Crippen LogP contribution in [0, 0.1) is 5.92 Å². The molecule has 1 atom stereocenters. The molecular weight excluding hydrogens is 256 g/mol. The molecule has 5 nitrogen and oxygen atoms in total. The molecule has 0 aliphatic carbocycles. The molecule has 5 heteroatoms. The van der Waals surface area contributed by atoms with Crippen LogP contribution in [0.25, 0.3) is 0 Å². The minimum atomic E-state index is -0.226. The number of ether oxygens (including phenoxy) is 2. The van der Waals surface area contributed by atoms with Crippen LogP contribution in [0.1, 0.15) is 30.6 Å². The number of rotatable bonds is 7. The smallest absolute Gasteiger partial charge is 0.259 e. The topological polar surface area (TPSA) is 73.6 Å². The van der Waals surface area contributed by atoms with Gasteiger partial charge in [-0.25, -0.2) is 0 Å². The summed E-state index contributed by atoms with van der Waals surface area (Å²) in [5, 5.41) is 2.94. The first-order valence-electron chi connectivity index (χ1n) is 6.75. The van der Waals surface area contributed by atoms with Crippen LogP contribution in [0.3, 0.4) is 0 Å². The highest BCUT2D eigenvalue weighted by molar-refractivity contribution is 5.99. The molecule has 20 heavy (non-hydrogen) atoms. The minimum Gasteiger partial charge on any atom is -0.496 e. The number of methoxy groups -OCH3 is 2. The van der Waals surface area contributed by atoms with E-state index in [1.807, 2.05) is 0 Å². The van der Waals surface area contributed by atoms with Crippen molar-refractivity contribution in [3.8, 4) is 11.5 Å². The van der Waals surface area contributed by atoms with Gasteiger partial charge in [0.15, 0.2) is 0 Å². The van der Waals surface area contributed by atoms with E-state index >= 15 is 0 Å². The molecule has 0 aromatic heterocycles. The Labute approximate surface area is 120 Å². The number of amides is 1. The fraction of sp³-hybridized carbons (Fsp3) is 0.533. The predicted molar refractivity (Wildman–Crippen MR) is 79.3 cm³/mol. The van der Waals surface area contributed by atoms with Gasteiger partial charge in [0.2, 0.25) is 0 Å². The molecule has 1 aromatic carbocycles. The molecule has 1 rings (SSSR count). The molecule has 0 aliphatic heterocycles. The summed E-state index contributed by atoms with van der Waals surface area (Å²) >= 11 is 0. The maximum Gasteiger partial charge on any atom is 0.259 e. The van der Waals surface area contributed by atoms with Gasteiger partial charge >= 0.3 is 0 Å². The highest BCUT2D eigenvalue weighted by Gasteiger charge is 2.21. The lowest BCUT2D eigenvalue weighted by atomic mass is 10.0. The Bertz CT molecular complexity index is 424. The molecule has 0 saturated heterocycles. The summed E-state index contributed by atoms with van der Waals surface area (Å²) in [5.41, 5.74) is 6.11. The van der Waals surface area contributed by atoms with E-state index in [9.17, 15) is 4.79 Å². The number of benzene rings is 1. The van der Waals surface area contributed by atoms with Gasteiger partial charge < -0.3 is 20.5 Å². The van der Waals surface area contributed by atoms with Crippen LogP contribution < -0.4 is 20.5 Å². The molecule has 0 heterocycles. The molecule has 0 aliphatic rings. The van der Waals surface area contributed by atoms with Gasteiger partial charge in [0.25, 0.3) is 5.91 Å². The molecule has 3 N–H and O–H groups in total. The van der Waals surface area contributed by atoms with Crippen molar-refractivity contribution < 1.29 is 14.3 Å². The molecular formula is C15H24N2O3. The highest BCUT2D eigenvalue weighted by atomic mass is 16.5. The Balaban J connectivity index is 2.96. The third-order valence-electron chi connectivity index (χ3n) is 3.03. The molecule has 1 unspecified atom stereocenters. The largest absolute Gasteiger partial charge is 0.496 e. The lowest BCUT2D eigenvalue weighted by molar-refractivity contribution is 0.0927. The number of nitrogens with one attached hydrogen (secondary N) is 1. The fourth-order valence-corrected chi connectivity index (χ4v) is 2.12. The average Bonchev–Trinajstić information content (AvgIpc) is 2.44. The van der Waals surface area contributed by atoms with E-state index in [0.29, 0.717) is 29.5 Å². The van der Waals surface area contributed by atoms with Crippen molar-refractivity contribution in [1.82, 2.24) is 5.32 Å². The summed E-state index contributed by atoms with van der Waals surface area (Å²) in [6, 6.07) is 5.19. The SMILES string of the molecule is COc1cccc(OC)c1C(=O)NC(CN)CC(C)C. The summed E-state index contributed by atoms with van der Waals surface area (Å²) < 4.78 is 10.5. The lowest BCUT2D eigenvalue weighted by Gasteiger charge is -2.20. The van der Waals surface area contributed by atoms with Crippen LogP contribution in [0.2, 0.25) is 0 Å². The quantitative estimate of drug-likeness (QED) is 0.799. The number of nitrogens with two attached hydrogens (primary N) is 1. The van der Waals surface area contributed by atoms with Crippen LogP contribution in [0.15, 0.2) is 18.2 Å². The number of carbonyl (C=O) groups excluding carboxylic acids is 1. The molecule has 0 spiro atoms. The van der Waals surface area contributed by atoms with Crippen molar-refractivity contribution in [3.63, 3.8) is 0 Å². The zero-order chi connectivity index (χ0) is 15.1. The van der Waals surface area contributed by atoms with E-state index < -0.39 is 0 Å². The zero-order valence-electron chi connectivity index (χ0n) is 12.6. The van der Waals surface area contributed by atoms with E-state index in [4.69, 9.17) is 15.2 Å². The van der Waals surface area contributed by atoms with E-state index in [1.165, 1.54) is 14.2 Å². The van der Waals surface area contributed by atoms with Gasteiger partial charge in [-0.15, -0.1) is 0 Å². The standard InChI is InChI=1S/C15H24N2O3/c1-10(2)8-11(9-16)17-15(18)14-12(19-3)6-5-7-13(14)20-4/h5-7,10-11H,8-9,16H2,1-4H3,(H,17,18). The van der Waals surface area contributed by atoms with Gasteiger partial charge in [0.05, 0.1) is 14.2 Å². The minimum absolute atomic E-state index is 0.0582. The Morgan fingerprint density at radius 3 is 2.20 bits per heavy atom. The second kappa shape index (κ2) is 7.75. The van der Waals surface area contributed by atoms with Gasteiger partial charge in [0.1, 0.15) is 17.1 Å². The van der Waals surface area contributed by atoms with Crippen LogP contribution in [-0.4, -0.2) is 32.7 Å². The van der Waals surface area contributed by atoms with Crippen molar-refractivity contribution in [1.29, 1.82) is 0 Å². The first-order valence-corrected chi connectivity index (χ1v) is 6.75. The van der Waals surface area contributed by atoms with Crippen LogP contribution >= 0.6 is 0 Å². The van der Waals surface area contributed by atoms with Gasteiger partial charge in [-0.2, -0.15) is 0 Å². The van der Waals surface area contributed by atoms with E-state index in [2.05, 4.69) is 19.2 Å². The van der Waals surface area contributed by atoms with Crippen LogP contribution in [-0.2, 0) is 0 Å². The van der Waals surface area contributed by atoms with Gasteiger partial charge in [-0.1, -0.05) is 19.9 Å². The predicted octanol–water partition coefficient (Wildman–Crippen LogP) is 1.81. The molecule has 1 aromatic rings. The Morgan fingerprint density at radius 1 is 1.25 bits per heavy atom. The highest BCUT2D eigenvalue weighted by Crippen LogP contribution is 2.28. The fourth-order valence-electron chi connectivity index (χ4n) is 2.12. The van der Waals surface area contributed by atoms with E-state index in [0.717, 1.165) is 6.42 Å². The third kappa shape index (κ3) is 4.13. The van der Waals surface area contributed by atoms with Crippen molar-refractivity contribution in [3.05, 3.63) is 23.8 Å². The van der Waals surface area contributed by atoms with Crippen molar-refractivity contribution in [2.24, 2.45) is 11.7 Å². The Morgan fingerprint density at radius 2 is 1.80 bits per heavy atom. The first kappa shape index (κ1) is 16.3. The van der Waals surface area contributed by atoms with E-state index in [1.54, 1.807) is 18.2 Å². The van der Waals surface area contributed by atoms with E-state index in [-0.39, 0.29) is 11.9 Å². The zero-order valence-corrected chi connectivity index (χ0v) is 12.6. The molecule has 1 amide bonds. The van der Waals surface area contributed by atoms with Gasteiger partial charge in [0, 0.05) is 12.6 Å². The second-order valence-corrected chi connectivity index (χ2v) is 5.07. The van der Waals surface area contributed by atoms with Crippen molar-refractivity contribution in [2.75, 3.05) is 20.8 Å². The first-order chi connectivity index (χ1) is 9.53. The van der Waals surface area contributed by atoms with Crippen molar-refractivity contribution in [2.45, 2.75) is 26.3 Å². The van der Waals surface area contributed by atoms with Crippen molar-refractivity contribution >= 4 is 5.91 Å². The number of hydrogen-bond donors (Lipinski definition) is 2. The lowest BCUT2D eigenvalue weighted by Crippen LogP contribution is -2.41. The second-order valence-electron chi connectivity index (χ2n) is 5.07. The maximum atomic E-state index is 12.4. The summed E-state index contributed by atoms with van der Waals surface area (Å²) in [7, 11) is 3.06. The summed E-state index contributed by atoms with van der Waals surface area (Å²) in [6.07, 6.45) is 0.833. The molecule has 0 saturated carbocycles. The third-order valence-corrected chi connectivity index (χ3v) is 3.03. The van der Waals surface area contributed by atoms with Crippen LogP contribution in [0.4, 0.5) is 0 Å². The number of hydrogen-bond acceptors (Lipinski definition) is 4. The normalized spacial score (nSPS) is 12.1. The average molecular weight is 280 g/mol. The summed E-state index contributed by atoms with van der Waals surface area (Å²) in [4.78, 5) is 12.4. The molecule has 0 fully saturated rings.